The molecular weight excluding hydrogens is 200 g/mol. The molecule has 0 aromatic rings. The molecular formula is C10H20O5. The highest BCUT2D eigenvalue weighted by Crippen LogP contribution is 2.34. The second-order valence-electron chi connectivity index (χ2n) is 5.12. The van der Waals surface area contributed by atoms with Crippen molar-refractivity contribution in [1.82, 2.24) is 0 Å². The Morgan fingerprint density at radius 1 is 1.20 bits per heavy atom. The maximum Gasteiger partial charge on any atom is 0.115 e. The standard InChI is InChI=1S/C10H20O5/c1-10(2,3)9-7(14)6(13)8(15-9)5(12)4-11/h5-9,11-14H,4H2,1-3H3/t5-,6-,7?,8-,9-/m1/s1. The van der Waals surface area contributed by atoms with Gasteiger partial charge >= 0.3 is 0 Å². The van der Waals surface area contributed by atoms with Crippen molar-refractivity contribution < 1.29 is 25.2 Å². The van der Waals surface area contributed by atoms with E-state index in [1.807, 2.05) is 20.8 Å². The molecule has 0 aliphatic carbocycles. The molecule has 0 bridgehead atoms. The minimum Gasteiger partial charge on any atom is -0.394 e. The number of aliphatic hydroxyl groups is 4. The zero-order valence-corrected chi connectivity index (χ0v) is 9.29. The molecule has 1 saturated heterocycles. The Morgan fingerprint density at radius 3 is 2.07 bits per heavy atom. The van der Waals surface area contributed by atoms with Gasteiger partial charge in [-0.3, -0.25) is 0 Å². The van der Waals surface area contributed by atoms with Crippen molar-refractivity contribution in [2.24, 2.45) is 5.41 Å². The highest BCUT2D eigenvalue weighted by atomic mass is 16.6. The number of hydrogen-bond donors (Lipinski definition) is 4. The molecule has 0 aromatic heterocycles. The molecule has 1 heterocycles. The van der Waals surface area contributed by atoms with Crippen molar-refractivity contribution in [2.45, 2.75) is 51.3 Å². The van der Waals surface area contributed by atoms with E-state index in [0.29, 0.717) is 0 Å². The Hall–Kier alpha value is -0.200. The Balaban J connectivity index is 2.76. The monoisotopic (exact) mass is 220 g/mol. The Bertz CT molecular complexity index is 212. The van der Waals surface area contributed by atoms with Crippen LogP contribution in [-0.2, 0) is 4.74 Å². The zero-order valence-electron chi connectivity index (χ0n) is 9.29. The quantitative estimate of drug-likeness (QED) is 0.473. The van der Waals surface area contributed by atoms with Crippen molar-refractivity contribution in [3.05, 3.63) is 0 Å². The first-order valence-corrected chi connectivity index (χ1v) is 5.09. The number of rotatable bonds is 2. The molecule has 1 unspecified atom stereocenters. The van der Waals surface area contributed by atoms with E-state index in [1.165, 1.54) is 0 Å². The molecule has 90 valence electrons. The van der Waals surface area contributed by atoms with E-state index < -0.39 is 37.1 Å². The lowest BCUT2D eigenvalue weighted by molar-refractivity contribution is -0.101. The van der Waals surface area contributed by atoms with E-state index in [-0.39, 0.29) is 5.41 Å². The number of aliphatic hydroxyl groups excluding tert-OH is 4. The van der Waals surface area contributed by atoms with E-state index >= 15 is 0 Å². The van der Waals surface area contributed by atoms with E-state index in [4.69, 9.17) is 9.84 Å². The first-order valence-electron chi connectivity index (χ1n) is 5.09. The first-order chi connectivity index (χ1) is 6.79. The zero-order chi connectivity index (χ0) is 11.8. The van der Waals surface area contributed by atoms with Gasteiger partial charge in [0, 0.05) is 0 Å². The number of hydrogen-bond acceptors (Lipinski definition) is 5. The highest BCUT2D eigenvalue weighted by molar-refractivity contribution is 4.98. The number of ether oxygens (including phenoxy) is 1. The SMILES string of the molecule is CC(C)(C)[C@@H]1O[C@H]([C@H](O)CO)[C@H](O)C1O. The van der Waals surface area contributed by atoms with Crippen LogP contribution in [-0.4, -0.2) is 57.6 Å². The minimum absolute atomic E-state index is 0.329. The maximum atomic E-state index is 9.74. The molecule has 1 rings (SSSR count). The van der Waals surface area contributed by atoms with E-state index in [1.54, 1.807) is 0 Å². The molecule has 5 nitrogen and oxygen atoms in total. The molecule has 5 atom stereocenters. The van der Waals surface area contributed by atoms with E-state index in [0.717, 1.165) is 0 Å². The van der Waals surface area contributed by atoms with Crippen molar-refractivity contribution >= 4 is 0 Å². The van der Waals surface area contributed by atoms with Gasteiger partial charge < -0.3 is 25.2 Å². The normalized spacial score (nSPS) is 39.4. The topological polar surface area (TPSA) is 90.2 Å². The third kappa shape index (κ3) is 2.49. The van der Waals surface area contributed by atoms with Crippen LogP contribution in [0.3, 0.4) is 0 Å². The van der Waals surface area contributed by atoms with E-state index in [2.05, 4.69) is 0 Å². The molecule has 0 aromatic carbocycles. The third-order valence-electron chi connectivity index (χ3n) is 2.72. The summed E-state index contributed by atoms with van der Waals surface area (Å²) < 4.78 is 5.39. The minimum atomic E-state index is -1.16. The van der Waals surface area contributed by atoms with Gasteiger partial charge in [-0.2, -0.15) is 0 Å². The maximum absolute atomic E-state index is 9.74. The van der Waals surface area contributed by atoms with Gasteiger partial charge in [0.1, 0.15) is 24.4 Å². The van der Waals surface area contributed by atoms with Crippen LogP contribution >= 0.6 is 0 Å². The summed E-state index contributed by atoms with van der Waals surface area (Å²) >= 11 is 0. The molecule has 0 spiro atoms. The fraction of sp³-hybridized carbons (Fsp3) is 1.00. The Kier molecular flexibility index (Phi) is 3.73. The van der Waals surface area contributed by atoms with Crippen LogP contribution in [0.4, 0.5) is 0 Å². The van der Waals surface area contributed by atoms with Gasteiger partial charge in [0.15, 0.2) is 0 Å². The summed E-state index contributed by atoms with van der Waals surface area (Å²) in [6.45, 7) is 5.13. The largest absolute Gasteiger partial charge is 0.394 e. The molecule has 15 heavy (non-hydrogen) atoms. The van der Waals surface area contributed by atoms with Crippen molar-refractivity contribution in [1.29, 1.82) is 0 Å². The van der Waals surface area contributed by atoms with Crippen molar-refractivity contribution in [3.8, 4) is 0 Å². The predicted octanol–water partition coefficient (Wildman–Crippen LogP) is -1.13. The molecule has 1 aliphatic heterocycles. The Labute approximate surface area is 89.3 Å². The Morgan fingerprint density at radius 2 is 1.73 bits per heavy atom. The van der Waals surface area contributed by atoms with Crippen LogP contribution in [0, 0.1) is 5.41 Å². The molecule has 0 amide bonds. The van der Waals surface area contributed by atoms with Crippen molar-refractivity contribution in [2.75, 3.05) is 6.61 Å². The van der Waals surface area contributed by atoms with Crippen LogP contribution in [0.5, 0.6) is 0 Å². The lowest BCUT2D eigenvalue weighted by Crippen LogP contribution is -2.41. The molecule has 0 radical (unpaired) electrons. The van der Waals surface area contributed by atoms with Gasteiger partial charge in [-0.1, -0.05) is 20.8 Å². The summed E-state index contributed by atoms with van der Waals surface area (Å²) in [7, 11) is 0. The molecule has 1 fully saturated rings. The summed E-state index contributed by atoms with van der Waals surface area (Å²) in [6.07, 6.45) is -4.82. The van der Waals surface area contributed by atoms with Crippen LogP contribution in [0.1, 0.15) is 20.8 Å². The smallest absolute Gasteiger partial charge is 0.115 e. The lowest BCUT2D eigenvalue weighted by Gasteiger charge is -2.29. The highest BCUT2D eigenvalue weighted by Gasteiger charge is 2.49. The first kappa shape index (κ1) is 12.9. The van der Waals surface area contributed by atoms with Gasteiger partial charge in [-0.25, -0.2) is 0 Å². The summed E-state index contributed by atoms with van der Waals surface area (Å²) in [5, 5.41) is 37.5. The molecule has 0 saturated carbocycles. The van der Waals surface area contributed by atoms with Crippen LogP contribution in [0.15, 0.2) is 0 Å². The van der Waals surface area contributed by atoms with E-state index in [9.17, 15) is 15.3 Å². The van der Waals surface area contributed by atoms with Crippen LogP contribution < -0.4 is 0 Å². The van der Waals surface area contributed by atoms with Crippen LogP contribution in [0.2, 0.25) is 0 Å². The predicted molar refractivity (Wildman–Crippen MR) is 53.2 cm³/mol. The van der Waals surface area contributed by atoms with Gasteiger partial charge in [-0.15, -0.1) is 0 Å². The van der Waals surface area contributed by atoms with Gasteiger partial charge in [0.2, 0.25) is 0 Å². The average molecular weight is 220 g/mol. The van der Waals surface area contributed by atoms with Gasteiger partial charge in [0.25, 0.3) is 0 Å². The van der Waals surface area contributed by atoms with Gasteiger partial charge in [-0.05, 0) is 5.41 Å². The van der Waals surface area contributed by atoms with Crippen LogP contribution in [0.25, 0.3) is 0 Å². The summed E-state index contributed by atoms with van der Waals surface area (Å²) in [5.41, 5.74) is -0.329. The summed E-state index contributed by atoms with van der Waals surface area (Å²) in [4.78, 5) is 0. The molecule has 4 N–H and O–H groups in total. The lowest BCUT2D eigenvalue weighted by atomic mass is 9.85. The summed E-state index contributed by atoms with van der Waals surface area (Å²) in [5.74, 6) is 0. The van der Waals surface area contributed by atoms with Gasteiger partial charge in [0.05, 0.1) is 12.7 Å². The molecule has 1 aliphatic rings. The van der Waals surface area contributed by atoms with Crippen molar-refractivity contribution in [3.63, 3.8) is 0 Å². The fourth-order valence-electron chi connectivity index (χ4n) is 1.84. The second kappa shape index (κ2) is 4.35. The molecule has 5 heteroatoms. The summed E-state index contributed by atoms with van der Waals surface area (Å²) in [6, 6.07) is 0. The third-order valence-corrected chi connectivity index (χ3v) is 2.72. The average Bonchev–Trinajstić information content (AvgIpc) is 2.42. The second-order valence-corrected chi connectivity index (χ2v) is 5.12. The fourth-order valence-corrected chi connectivity index (χ4v) is 1.84.